The third-order valence-corrected chi connectivity index (χ3v) is 4.90. The average molecular weight is 272 g/mol. The van der Waals surface area contributed by atoms with Gasteiger partial charge in [-0.15, -0.1) is 0 Å². The number of rotatable bonds is 3. The Morgan fingerprint density at radius 3 is 2.60 bits per heavy atom. The summed E-state index contributed by atoms with van der Waals surface area (Å²) >= 11 is 0. The number of carbonyl (C=O) groups excluding carboxylic acids is 1. The first-order valence-corrected chi connectivity index (χ1v) is 7.77. The lowest BCUT2D eigenvalue weighted by Gasteiger charge is -2.40. The summed E-state index contributed by atoms with van der Waals surface area (Å²) < 4.78 is 0. The number of nitrogens with zero attached hydrogens (tertiary/aromatic N) is 1. The van der Waals surface area contributed by atoms with Gasteiger partial charge in [0.15, 0.2) is 0 Å². The molecule has 20 heavy (non-hydrogen) atoms. The predicted octanol–water partition coefficient (Wildman–Crippen LogP) is 2.45. The second kappa shape index (κ2) is 5.21. The van der Waals surface area contributed by atoms with Crippen molar-refractivity contribution in [1.82, 2.24) is 4.90 Å². The minimum atomic E-state index is -0.244. The maximum Gasteiger partial charge on any atom is 0.233 e. The van der Waals surface area contributed by atoms with E-state index >= 15 is 0 Å². The van der Waals surface area contributed by atoms with Crippen molar-refractivity contribution in [3.05, 3.63) is 35.9 Å². The molecule has 2 atom stereocenters. The normalized spacial score (nSPS) is 26.1. The topological polar surface area (TPSA) is 46.3 Å². The van der Waals surface area contributed by atoms with Crippen LogP contribution >= 0.6 is 0 Å². The molecule has 0 radical (unpaired) electrons. The molecule has 0 aromatic heterocycles. The van der Waals surface area contributed by atoms with Crippen LogP contribution in [0, 0.1) is 0 Å². The van der Waals surface area contributed by atoms with Crippen LogP contribution in [0.15, 0.2) is 30.3 Å². The summed E-state index contributed by atoms with van der Waals surface area (Å²) in [5.41, 5.74) is 7.04. The summed E-state index contributed by atoms with van der Waals surface area (Å²) in [7, 11) is 0. The van der Waals surface area contributed by atoms with Crippen molar-refractivity contribution in [3.8, 4) is 0 Å². The van der Waals surface area contributed by atoms with Crippen LogP contribution in [-0.4, -0.2) is 29.4 Å². The number of hydrogen-bond donors (Lipinski definition) is 1. The highest BCUT2D eigenvalue weighted by molar-refractivity contribution is 5.91. The second-order valence-corrected chi connectivity index (χ2v) is 6.37. The van der Waals surface area contributed by atoms with Gasteiger partial charge in [0, 0.05) is 18.6 Å². The van der Waals surface area contributed by atoms with Crippen molar-refractivity contribution in [1.29, 1.82) is 0 Å². The first-order chi connectivity index (χ1) is 9.65. The molecule has 1 aliphatic heterocycles. The summed E-state index contributed by atoms with van der Waals surface area (Å²) in [6.07, 6.45) is 5.32. The van der Waals surface area contributed by atoms with Gasteiger partial charge < -0.3 is 10.6 Å². The van der Waals surface area contributed by atoms with E-state index in [-0.39, 0.29) is 17.5 Å². The fourth-order valence-electron chi connectivity index (χ4n) is 3.54. The van der Waals surface area contributed by atoms with Gasteiger partial charge in [-0.1, -0.05) is 30.3 Å². The van der Waals surface area contributed by atoms with E-state index in [0.29, 0.717) is 5.91 Å². The van der Waals surface area contributed by atoms with Gasteiger partial charge in [0.05, 0.1) is 5.41 Å². The molecule has 1 amide bonds. The van der Waals surface area contributed by atoms with Crippen LogP contribution in [0.25, 0.3) is 0 Å². The number of likely N-dealkylation sites (tertiary alicyclic amines) is 1. The molecule has 1 saturated carbocycles. The smallest absolute Gasteiger partial charge is 0.233 e. The van der Waals surface area contributed by atoms with Crippen LogP contribution in [0.5, 0.6) is 0 Å². The van der Waals surface area contributed by atoms with Crippen molar-refractivity contribution in [2.24, 2.45) is 5.73 Å². The van der Waals surface area contributed by atoms with E-state index in [2.05, 4.69) is 17.0 Å². The third kappa shape index (κ3) is 2.24. The van der Waals surface area contributed by atoms with E-state index in [0.717, 1.165) is 32.2 Å². The average Bonchev–Trinajstić information content (AvgIpc) is 3.29. The summed E-state index contributed by atoms with van der Waals surface area (Å²) in [6, 6.07) is 10.5. The van der Waals surface area contributed by atoms with Gasteiger partial charge in [-0.2, -0.15) is 0 Å². The van der Waals surface area contributed by atoms with E-state index in [9.17, 15) is 4.79 Å². The number of carbonyl (C=O) groups is 1. The fraction of sp³-hybridized carbons (Fsp3) is 0.588. The van der Waals surface area contributed by atoms with Crippen molar-refractivity contribution < 1.29 is 4.79 Å². The van der Waals surface area contributed by atoms with Crippen molar-refractivity contribution >= 4 is 5.91 Å². The van der Waals surface area contributed by atoms with Gasteiger partial charge in [-0.3, -0.25) is 4.79 Å². The zero-order valence-electron chi connectivity index (χ0n) is 12.2. The van der Waals surface area contributed by atoms with Crippen LogP contribution < -0.4 is 5.73 Å². The van der Waals surface area contributed by atoms with Crippen molar-refractivity contribution in [2.75, 3.05) is 6.54 Å². The first kappa shape index (κ1) is 13.6. The Labute approximate surface area is 121 Å². The van der Waals surface area contributed by atoms with E-state index in [1.165, 1.54) is 12.0 Å². The monoisotopic (exact) mass is 272 g/mol. The largest absolute Gasteiger partial charge is 0.337 e. The highest BCUT2D eigenvalue weighted by Crippen LogP contribution is 2.50. The molecule has 2 N–H and O–H groups in total. The summed E-state index contributed by atoms with van der Waals surface area (Å²) in [6.45, 7) is 2.90. The first-order valence-electron chi connectivity index (χ1n) is 7.77. The molecule has 3 nitrogen and oxygen atoms in total. The standard InChI is InChI=1S/C17H24N2O/c1-13(18)15-9-5-6-12-19(15)16(20)17(10-11-17)14-7-3-2-4-8-14/h2-4,7-8,13,15H,5-6,9-12,18H2,1H3. The number of benzene rings is 1. The molecule has 2 aliphatic rings. The molecule has 1 saturated heterocycles. The predicted molar refractivity (Wildman–Crippen MR) is 80.4 cm³/mol. The molecule has 1 aromatic carbocycles. The number of hydrogen-bond acceptors (Lipinski definition) is 2. The van der Waals surface area contributed by atoms with E-state index < -0.39 is 0 Å². The summed E-state index contributed by atoms with van der Waals surface area (Å²) in [4.78, 5) is 15.1. The van der Waals surface area contributed by atoms with Gasteiger partial charge >= 0.3 is 0 Å². The molecule has 1 aliphatic carbocycles. The Hall–Kier alpha value is -1.35. The molecule has 2 unspecified atom stereocenters. The Balaban J connectivity index is 1.85. The Morgan fingerprint density at radius 2 is 2.00 bits per heavy atom. The molecule has 2 fully saturated rings. The van der Waals surface area contributed by atoms with Crippen LogP contribution in [0.2, 0.25) is 0 Å². The molecule has 0 spiro atoms. The quantitative estimate of drug-likeness (QED) is 0.918. The number of piperidine rings is 1. The van der Waals surface area contributed by atoms with Crippen LogP contribution in [0.3, 0.4) is 0 Å². The van der Waals surface area contributed by atoms with E-state index in [4.69, 9.17) is 5.73 Å². The second-order valence-electron chi connectivity index (χ2n) is 6.37. The Morgan fingerprint density at radius 1 is 1.30 bits per heavy atom. The highest BCUT2D eigenvalue weighted by atomic mass is 16.2. The number of amides is 1. The van der Waals surface area contributed by atoms with Gasteiger partial charge in [0.1, 0.15) is 0 Å². The SMILES string of the molecule is CC(N)C1CCCCN1C(=O)C1(c2ccccc2)CC1. The fourth-order valence-corrected chi connectivity index (χ4v) is 3.54. The van der Waals surface area contributed by atoms with Gasteiger partial charge in [-0.05, 0) is 44.6 Å². The zero-order chi connectivity index (χ0) is 14.2. The lowest BCUT2D eigenvalue weighted by molar-refractivity contribution is -0.138. The molecule has 1 heterocycles. The summed E-state index contributed by atoms with van der Waals surface area (Å²) in [5, 5.41) is 0. The van der Waals surface area contributed by atoms with Crippen molar-refractivity contribution in [3.63, 3.8) is 0 Å². The van der Waals surface area contributed by atoms with Crippen LogP contribution in [-0.2, 0) is 10.2 Å². The lowest BCUT2D eigenvalue weighted by Crippen LogP contribution is -2.54. The van der Waals surface area contributed by atoms with Gasteiger partial charge in [0.25, 0.3) is 0 Å². The van der Waals surface area contributed by atoms with Gasteiger partial charge in [0.2, 0.25) is 5.91 Å². The molecule has 3 rings (SSSR count). The lowest BCUT2D eigenvalue weighted by atomic mass is 9.90. The zero-order valence-corrected chi connectivity index (χ0v) is 12.2. The third-order valence-electron chi connectivity index (χ3n) is 4.90. The summed E-state index contributed by atoms with van der Waals surface area (Å²) in [5.74, 6) is 0.311. The minimum Gasteiger partial charge on any atom is -0.337 e. The molecule has 1 aromatic rings. The van der Waals surface area contributed by atoms with E-state index in [1.54, 1.807) is 0 Å². The molecular weight excluding hydrogens is 248 g/mol. The van der Waals surface area contributed by atoms with Crippen molar-refractivity contribution in [2.45, 2.75) is 56.5 Å². The maximum absolute atomic E-state index is 13.1. The number of nitrogens with two attached hydrogens (primary N) is 1. The molecule has 0 bridgehead atoms. The Bertz CT molecular complexity index is 479. The molecule has 3 heteroatoms. The van der Waals surface area contributed by atoms with E-state index in [1.807, 2.05) is 25.1 Å². The Kier molecular flexibility index (Phi) is 3.55. The van der Waals surface area contributed by atoms with Crippen LogP contribution in [0.1, 0.15) is 44.6 Å². The minimum absolute atomic E-state index is 0.0609. The van der Waals surface area contributed by atoms with Gasteiger partial charge in [-0.25, -0.2) is 0 Å². The highest BCUT2D eigenvalue weighted by Gasteiger charge is 2.54. The molecule has 108 valence electrons. The maximum atomic E-state index is 13.1. The molecular formula is C17H24N2O. The van der Waals surface area contributed by atoms with Crippen LogP contribution in [0.4, 0.5) is 0 Å².